The van der Waals surface area contributed by atoms with Crippen LogP contribution in [0.2, 0.25) is 0 Å². The Labute approximate surface area is 186 Å². The molecule has 2 aromatic heterocycles. The summed E-state index contributed by atoms with van der Waals surface area (Å²) in [6.45, 7) is 2.82. The SMILES string of the molecule is CCOC(=O)c1cc2c(n1CC1CC1)-c1nc(NS(=O)(=O)c3ccccc3)ncc1CC2. The maximum atomic E-state index is 12.7. The Balaban J connectivity index is 1.56. The zero-order chi connectivity index (χ0) is 22.3. The van der Waals surface area contributed by atoms with Crippen LogP contribution in [0.1, 0.15) is 41.4 Å². The molecule has 5 rings (SSSR count). The summed E-state index contributed by atoms with van der Waals surface area (Å²) in [7, 11) is -3.81. The van der Waals surface area contributed by atoms with Crippen molar-refractivity contribution in [2.75, 3.05) is 11.3 Å². The predicted molar refractivity (Wildman–Crippen MR) is 119 cm³/mol. The summed E-state index contributed by atoms with van der Waals surface area (Å²) >= 11 is 0. The number of nitrogens with one attached hydrogen (secondary N) is 1. The first-order chi connectivity index (χ1) is 15.5. The van der Waals surface area contributed by atoms with Gasteiger partial charge in [0.05, 0.1) is 22.9 Å². The van der Waals surface area contributed by atoms with Gasteiger partial charge in [-0.25, -0.2) is 27.9 Å². The van der Waals surface area contributed by atoms with E-state index in [9.17, 15) is 13.2 Å². The maximum Gasteiger partial charge on any atom is 0.354 e. The lowest BCUT2D eigenvalue weighted by molar-refractivity contribution is 0.0513. The molecular formula is C23H24N4O4S. The van der Waals surface area contributed by atoms with E-state index in [-0.39, 0.29) is 16.8 Å². The molecule has 166 valence electrons. The average Bonchev–Trinajstić information content (AvgIpc) is 3.53. The standard InChI is InChI=1S/C23H24N4O4S/c1-2-31-22(28)19-12-16-10-11-17-13-24-23(26-32(29,30)18-6-4-3-5-7-18)25-20(17)21(16)27(19)14-15-8-9-15/h3-7,12-13,15H,2,8-11,14H2,1H3,(H,24,25,26). The van der Waals surface area contributed by atoms with Gasteiger partial charge in [-0.05, 0) is 67.9 Å². The van der Waals surface area contributed by atoms with Gasteiger partial charge in [0, 0.05) is 12.7 Å². The van der Waals surface area contributed by atoms with Crippen LogP contribution < -0.4 is 4.72 Å². The van der Waals surface area contributed by atoms with Crippen molar-refractivity contribution in [2.24, 2.45) is 5.92 Å². The molecule has 2 aliphatic rings. The molecule has 0 amide bonds. The summed E-state index contributed by atoms with van der Waals surface area (Å²) in [4.78, 5) is 21.6. The largest absolute Gasteiger partial charge is 0.461 e. The highest BCUT2D eigenvalue weighted by atomic mass is 32.2. The Hall–Kier alpha value is -3.20. The molecule has 2 aliphatic carbocycles. The first kappa shape index (κ1) is 20.7. The molecule has 0 radical (unpaired) electrons. The third-order valence-electron chi connectivity index (χ3n) is 5.83. The van der Waals surface area contributed by atoms with Crippen molar-refractivity contribution in [3.8, 4) is 11.4 Å². The van der Waals surface area contributed by atoms with E-state index in [1.54, 1.807) is 31.3 Å². The second-order valence-corrected chi connectivity index (χ2v) is 9.85. The summed E-state index contributed by atoms with van der Waals surface area (Å²) in [6.07, 6.45) is 5.43. The van der Waals surface area contributed by atoms with Crippen LogP contribution in [0.4, 0.5) is 5.95 Å². The lowest BCUT2D eigenvalue weighted by Crippen LogP contribution is -2.18. The second kappa shape index (κ2) is 8.05. The van der Waals surface area contributed by atoms with E-state index in [0.717, 1.165) is 49.0 Å². The fraction of sp³-hybridized carbons (Fsp3) is 0.348. The number of hydrogen-bond donors (Lipinski definition) is 1. The van der Waals surface area contributed by atoms with Crippen molar-refractivity contribution in [3.05, 3.63) is 59.4 Å². The molecule has 2 heterocycles. The van der Waals surface area contributed by atoms with Gasteiger partial charge in [-0.3, -0.25) is 0 Å². The van der Waals surface area contributed by atoms with Crippen molar-refractivity contribution in [2.45, 2.75) is 44.0 Å². The van der Waals surface area contributed by atoms with Gasteiger partial charge in [0.1, 0.15) is 5.69 Å². The smallest absolute Gasteiger partial charge is 0.354 e. The Morgan fingerprint density at radius 3 is 2.66 bits per heavy atom. The topological polar surface area (TPSA) is 103 Å². The third-order valence-corrected chi connectivity index (χ3v) is 7.17. The highest BCUT2D eigenvalue weighted by Crippen LogP contribution is 2.39. The van der Waals surface area contributed by atoms with Gasteiger partial charge in [-0.1, -0.05) is 18.2 Å². The van der Waals surface area contributed by atoms with E-state index in [1.807, 2.05) is 10.6 Å². The predicted octanol–water partition coefficient (Wildman–Crippen LogP) is 3.43. The number of aromatic nitrogens is 3. The first-order valence-electron chi connectivity index (χ1n) is 10.8. The summed E-state index contributed by atoms with van der Waals surface area (Å²) < 4.78 is 35.3. The number of carbonyl (C=O) groups excluding carboxylic acids is 1. The average molecular weight is 453 g/mol. The Kier molecular flexibility index (Phi) is 5.21. The van der Waals surface area contributed by atoms with E-state index in [4.69, 9.17) is 4.74 Å². The molecule has 0 unspecified atom stereocenters. The molecule has 3 aromatic rings. The zero-order valence-corrected chi connectivity index (χ0v) is 18.6. The number of nitrogens with zero attached hydrogens (tertiary/aromatic N) is 3. The van der Waals surface area contributed by atoms with Crippen LogP contribution in [0, 0.1) is 5.92 Å². The van der Waals surface area contributed by atoms with Crippen molar-refractivity contribution in [3.63, 3.8) is 0 Å². The molecule has 0 bridgehead atoms. The van der Waals surface area contributed by atoms with Crippen LogP contribution in [-0.4, -0.2) is 35.5 Å². The fourth-order valence-electron chi connectivity index (χ4n) is 4.09. The van der Waals surface area contributed by atoms with Crippen molar-refractivity contribution in [1.29, 1.82) is 0 Å². The number of benzene rings is 1. The van der Waals surface area contributed by atoms with Gasteiger partial charge < -0.3 is 9.30 Å². The van der Waals surface area contributed by atoms with E-state index in [0.29, 0.717) is 23.9 Å². The number of anilines is 1. The van der Waals surface area contributed by atoms with Gasteiger partial charge in [-0.2, -0.15) is 0 Å². The Morgan fingerprint density at radius 1 is 1.19 bits per heavy atom. The van der Waals surface area contributed by atoms with Crippen LogP contribution in [0.25, 0.3) is 11.4 Å². The van der Waals surface area contributed by atoms with Crippen LogP contribution in [0.5, 0.6) is 0 Å². The van der Waals surface area contributed by atoms with E-state index >= 15 is 0 Å². The van der Waals surface area contributed by atoms with Crippen molar-refractivity contribution >= 4 is 21.9 Å². The van der Waals surface area contributed by atoms with Gasteiger partial charge in [0.2, 0.25) is 5.95 Å². The van der Waals surface area contributed by atoms with Crippen molar-refractivity contribution < 1.29 is 17.9 Å². The zero-order valence-electron chi connectivity index (χ0n) is 17.7. The summed E-state index contributed by atoms with van der Waals surface area (Å²) in [6, 6.07) is 10.0. The van der Waals surface area contributed by atoms with Gasteiger partial charge >= 0.3 is 5.97 Å². The molecule has 1 fully saturated rings. The minimum atomic E-state index is -3.81. The molecule has 0 aliphatic heterocycles. The number of esters is 1. The number of ether oxygens (including phenoxy) is 1. The molecule has 1 aromatic carbocycles. The highest BCUT2D eigenvalue weighted by Gasteiger charge is 2.31. The van der Waals surface area contributed by atoms with Crippen LogP contribution in [-0.2, 0) is 34.1 Å². The Morgan fingerprint density at radius 2 is 1.94 bits per heavy atom. The minimum Gasteiger partial charge on any atom is -0.461 e. The van der Waals surface area contributed by atoms with Gasteiger partial charge in [0.25, 0.3) is 10.0 Å². The van der Waals surface area contributed by atoms with E-state index in [1.165, 1.54) is 12.1 Å². The van der Waals surface area contributed by atoms with Crippen LogP contribution in [0.3, 0.4) is 0 Å². The lowest BCUT2D eigenvalue weighted by Gasteiger charge is -2.20. The number of aryl methyl sites for hydroxylation is 2. The summed E-state index contributed by atoms with van der Waals surface area (Å²) in [5.41, 5.74) is 4.02. The molecule has 1 saturated carbocycles. The first-order valence-corrected chi connectivity index (χ1v) is 12.3. The number of sulfonamides is 1. The van der Waals surface area contributed by atoms with Crippen molar-refractivity contribution in [1.82, 2.24) is 14.5 Å². The van der Waals surface area contributed by atoms with Gasteiger partial charge in [0.15, 0.2) is 0 Å². The quantitative estimate of drug-likeness (QED) is 0.551. The Bertz CT molecular complexity index is 1280. The van der Waals surface area contributed by atoms with Crippen LogP contribution in [0.15, 0.2) is 47.5 Å². The van der Waals surface area contributed by atoms with Gasteiger partial charge in [-0.15, -0.1) is 0 Å². The summed E-state index contributed by atoms with van der Waals surface area (Å²) in [5, 5.41) is 0. The van der Waals surface area contributed by atoms with E-state index < -0.39 is 10.0 Å². The molecule has 0 saturated heterocycles. The normalized spacial score (nSPS) is 15.0. The number of hydrogen-bond acceptors (Lipinski definition) is 6. The number of carbonyl (C=O) groups is 1. The molecule has 9 heteroatoms. The monoisotopic (exact) mass is 452 g/mol. The molecule has 0 spiro atoms. The molecule has 0 atom stereocenters. The number of rotatable bonds is 7. The summed E-state index contributed by atoms with van der Waals surface area (Å²) in [5.74, 6) is 0.198. The molecule has 8 nitrogen and oxygen atoms in total. The maximum absolute atomic E-state index is 12.7. The minimum absolute atomic E-state index is 0.0114. The molecule has 1 N–H and O–H groups in total. The lowest BCUT2D eigenvalue weighted by atomic mass is 9.95. The second-order valence-electron chi connectivity index (χ2n) is 8.16. The number of fused-ring (bicyclic) bond motifs is 3. The van der Waals surface area contributed by atoms with Crippen LogP contribution >= 0.6 is 0 Å². The molecule has 32 heavy (non-hydrogen) atoms. The highest BCUT2D eigenvalue weighted by molar-refractivity contribution is 7.92. The molecular weight excluding hydrogens is 428 g/mol. The third kappa shape index (κ3) is 3.88. The van der Waals surface area contributed by atoms with E-state index in [2.05, 4.69) is 14.7 Å². The fourth-order valence-corrected chi connectivity index (χ4v) is 5.06.